The molecule has 0 unspecified atom stereocenters. The Morgan fingerprint density at radius 2 is 1.82 bits per heavy atom. The molecule has 0 atom stereocenters. The third-order valence-corrected chi connectivity index (χ3v) is 5.41. The van der Waals surface area contributed by atoms with E-state index in [9.17, 15) is 14.0 Å². The number of carbonyl (C=O) groups excluding carboxylic acids is 2. The SMILES string of the molecule is CC(C)Oc1cc(NC(=O)C(=O)NCc2ccc3oc(-c4ccc(F)cc4)nc3c2)ccc1Br. The summed E-state index contributed by atoms with van der Waals surface area (Å²) in [5.41, 5.74) is 2.98. The number of carbonyl (C=O) groups is 2. The van der Waals surface area contributed by atoms with E-state index in [-0.39, 0.29) is 18.5 Å². The second kappa shape index (κ2) is 10.0. The molecule has 0 radical (unpaired) electrons. The van der Waals surface area contributed by atoms with Crippen molar-refractivity contribution in [3.8, 4) is 17.2 Å². The van der Waals surface area contributed by atoms with Crippen LogP contribution in [0.1, 0.15) is 19.4 Å². The van der Waals surface area contributed by atoms with Gasteiger partial charge in [0.1, 0.15) is 17.1 Å². The van der Waals surface area contributed by atoms with Crippen LogP contribution in [-0.4, -0.2) is 22.9 Å². The van der Waals surface area contributed by atoms with Crippen LogP contribution in [0.2, 0.25) is 0 Å². The monoisotopic (exact) mass is 525 g/mol. The Morgan fingerprint density at radius 1 is 1.06 bits per heavy atom. The first-order valence-corrected chi connectivity index (χ1v) is 11.3. The summed E-state index contributed by atoms with van der Waals surface area (Å²) in [6, 6.07) is 16.1. The molecule has 2 N–H and O–H groups in total. The fourth-order valence-corrected chi connectivity index (χ4v) is 3.51. The second-order valence-electron chi connectivity index (χ2n) is 7.78. The number of hydrogen-bond acceptors (Lipinski definition) is 5. The van der Waals surface area contributed by atoms with E-state index in [0.29, 0.717) is 34.0 Å². The van der Waals surface area contributed by atoms with Crippen molar-refractivity contribution in [1.82, 2.24) is 10.3 Å². The number of benzene rings is 3. The van der Waals surface area contributed by atoms with Gasteiger partial charge in [0, 0.05) is 23.9 Å². The fourth-order valence-electron chi connectivity index (χ4n) is 3.17. The topological polar surface area (TPSA) is 93.5 Å². The Balaban J connectivity index is 1.39. The minimum absolute atomic E-state index is 0.0422. The number of nitrogens with zero attached hydrogens (tertiary/aromatic N) is 1. The second-order valence-corrected chi connectivity index (χ2v) is 8.63. The van der Waals surface area contributed by atoms with Gasteiger partial charge in [0.25, 0.3) is 0 Å². The summed E-state index contributed by atoms with van der Waals surface area (Å²) in [5, 5.41) is 5.16. The Morgan fingerprint density at radius 3 is 2.56 bits per heavy atom. The van der Waals surface area contributed by atoms with Crippen LogP contribution in [0.25, 0.3) is 22.6 Å². The van der Waals surface area contributed by atoms with Crippen molar-refractivity contribution in [2.75, 3.05) is 5.32 Å². The van der Waals surface area contributed by atoms with Gasteiger partial charge in [0.2, 0.25) is 5.89 Å². The molecule has 0 saturated heterocycles. The van der Waals surface area contributed by atoms with Crippen LogP contribution in [0.15, 0.2) is 69.6 Å². The normalized spacial score (nSPS) is 11.0. The van der Waals surface area contributed by atoms with E-state index in [1.807, 2.05) is 13.8 Å². The average Bonchev–Trinajstić information content (AvgIpc) is 3.23. The van der Waals surface area contributed by atoms with Crippen LogP contribution in [-0.2, 0) is 16.1 Å². The first-order chi connectivity index (χ1) is 16.3. The molecule has 0 bridgehead atoms. The Kier molecular flexibility index (Phi) is 6.93. The largest absolute Gasteiger partial charge is 0.490 e. The van der Waals surface area contributed by atoms with Gasteiger partial charge >= 0.3 is 11.8 Å². The molecule has 0 aliphatic carbocycles. The molecule has 1 heterocycles. The molecular weight excluding hydrogens is 505 g/mol. The van der Waals surface area contributed by atoms with E-state index in [0.717, 1.165) is 10.0 Å². The zero-order valence-electron chi connectivity index (χ0n) is 18.4. The van der Waals surface area contributed by atoms with Crippen LogP contribution >= 0.6 is 15.9 Å². The minimum atomic E-state index is -0.793. The number of fused-ring (bicyclic) bond motifs is 1. The summed E-state index contributed by atoms with van der Waals surface area (Å²) in [7, 11) is 0. The highest BCUT2D eigenvalue weighted by Gasteiger charge is 2.15. The van der Waals surface area contributed by atoms with Crippen LogP contribution in [0.4, 0.5) is 10.1 Å². The molecule has 174 valence electrons. The number of oxazole rings is 1. The molecule has 34 heavy (non-hydrogen) atoms. The number of amides is 2. The Labute approximate surface area is 203 Å². The van der Waals surface area contributed by atoms with E-state index in [1.54, 1.807) is 48.5 Å². The summed E-state index contributed by atoms with van der Waals surface area (Å²) in [5.74, 6) is -0.980. The smallest absolute Gasteiger partial charge is 0.313 e. The lowest BCUT2D eigenvalue weighted by Crippen LogP contribution is -2.34. The van der Waals surface area contributed by atoms with Gasteiger partial charge in [-0.2, -0.15) is 0 Å². The van der Waals surface area contributed by atoms with Crippen LogP contribution in [0.5, 0.6) is 5.75 Å². The standard InChI is InChI=1S/C25H21BrFN3O4/c1-14(2)33-22-12-18(8-9-19(22)26)29-24(32)23(31)28-13-15-3-10-21-20(11-15)30-25(34-21)16-4-6-17(27)7-5-16/h3-12,14H,13H2,1-2H3,(H,28,31)(H,29,32). The lowest BCUT2D eigenvalue weighted by atomic mass is 10.2. The Bertz CT molecular complexity index is 1350. The number of ether oxygens (including phenoxy) is 1. The number of aromatic nitrogens is 1. The van der Waals surface area contributed by atoms with E-state index in [4.69, 9.17) is 9.15 Å². The summed E-state index contributed by atoms with van der Waals surface area (Å²) >= 11 is 3.40. The summed E-state index contributed by atoms with van der Waals surface area (Å²) in [4.78, 5) is 29.1. The maximum Gasteiger partial charge on any atom is 0.313 e. The first-order valence-electron chi connectivity index (χ1n) is 10.5. The lowest BCUT2D eigenvalue weighted by molar-refractivity contribution is -0.136. The summed E-state index contributed by atoms with van der Waals surface area (Å²) < 4.78 is 25.3. The highest BCUT2D eigenvalue weighted by atomic mass is 79.9. The van der Waals surface area contributed by atoms with Gasteiger partial charge in [-0.25, -0.2) is 9.37 Å². The molecule has 0 aliphatic heterocycles. The number of halogens is 2. The van der Waals surface area contributed by atoms with Crippen molar-refractivity contribution >= 4 is 44.5 Å². The predicted molar refractivity (Wildman–Crippen MR) is 130 cm³/mol. The van der Waals surface area contributed by atoms with Gasteiger partial charge < -0.3 is 19.8 Å². The van der Waals surface area contributed by atoms with Crippen molar-refractivity contribution < 1.29 is 23.1 Å². The van der Waals surface area contributed by atoms with Gasteiger partial charge in [-0.05, 0) is 83.9 Å². The lowest BCUT2D eigenvalue weighted by Gasteiger charge is -2.13. The van der Waals surface area contributed by atoms with Gasteiger partial charge in [-0.15, -0.1) is 0 Å². The number of nitrogens with one attached hydrogen (secondary N) is 2. The predicted octanol–water partition coefficient (Wildman–Crippen LogP) is 5.44. The van der Waals surface area contributed by atoms with Gasteiger partial charge in [-0.3, -0.25) is 9.59 Å². The molecule has 4 aromatic rings. The maximum atomic E-state index is 13.1. The third-order valence-electron chi connectivity index (χ3n) is 4.75. The number of rotatable bonds is 6. The molecule has 3 aromatic carbocycles. The third kappa shape index (κ3) is 5.60. The van der Waals surface area contributed by atoms with Gasteiger partial charge in [-0.1, -0.05) is 6.07 Å². The van der Waals surface area contributed by atoms with E-state index in [1.165, 1.54) is 12.1 Å². The highest BCUT2D eigenvalue weighted by Crippen LogP contribution is 2.29. The van der Waals surface area contributed by atoms with E-state index >= 15 is 0 Å². The fraction of sp³-hybridized carbons (Fsp3) is 0.160. The average molecular weight is 526 g/mol. The molecular formula is C25H21BrFN3O4. The van der Waals surface area contributed by atoms with E-state index in [2.05, 4.69) is 31.5 Å². The molecule has 0 saturated carbocycles. The van der Waals surface area contributed by atoms with Crippen molar-refractivity contribution in [3.05, 3.63) is 76.5 Å². The molecule has 0 spiro atoms. The zero-order valence-corrected chi connectivity index (χ0v) is 20.0. The van der Waals surface area contributed by atoms with Crippen molar-refractivity contribution in [2.45, 2.75) is 26.5 Å². The molecule has 1 aromatic heterocycles. The highest BCUT2D eigenvalue weighted by molar-refractivity contribution is 9.10. The van der Waals surface area contributed by atoms with Crippen LogP contribution in [0.3, 0.4) is 0 Å². The zero-order chi connectivity index (χ0) is 24.2. The molecule has 0 aliphatic rings. The number of hydrogen-bond donors (Lipinski definition) is 2. The number of anilines is 1. The quantitative estimate of drug-likeness (QED) is 0.327. The first kappa shape index (κ1) is 23.4. The van der Waals surface area contributed by atoms with Gasteiger partial charge in [0.05, 0.1) is 10.6 Å². The van der Waals surface area contributed by atoms with Gasteiger partial charge in [0.15, 0.2) is 5.58 Å². The Hall–Kier alpha value is -3.72. The van der Waals surface area contributed by atoms with Crippen LogP contribution in [0, 0.1) is 5.82 Å². The van der Waals surface area contributed by atoms with Crippen molar-refractivity contribution in [1.29, 1.82) is 0 Å². The molecule has 7 nitrogen and oxygen atoms in total. The van der Waals surface area contributed by atoms with Crippen LogP contribution < -0.4 is 15.4 Å². The molecule has 0 fully saturated rings. The maximum absolute atomic E-state index is 13.1. The molecule has 2 amide bonds. The van der Waals surface area contributed by atoms with Crippen molar-refractivity contribution in [3.63, 3.8) is 0 Å². The summed E-state index contributed by atoms with van der Waals surface area (Å²) in [6.07, 6.45) is -0.0422. The van der Waals surface area contributed by atoms with E-state index < -0.39 is 11.8 Å². The molecule has 4 rings (SSSR count). The molecule has 9 heteroatoms. The summed E-state index contributed by atoms with van der Waals surface area (Å²) in [6.45, 7) is 3.92. The minimum Gasteiger partial charge on any atom is -0.490 e. The van der Waals surface area contributed by atoms with Crippen molar-refractivity contribution in [2.24, 2.45) is 0 Å².